The molecule has 0 radical (unpaired) electrons. The van der Waals surface area contributed by atoms with Crippen molar-refractivity contribution in [3.63, 3.8) is 0 Å². The minimum atomic E-state index is -0.655. The van der Waals surface area contributed by atoms with E-state index in [0.29, 0.717) is 5.56 Å². The molecule has 3 N–H and O–H groups in total. The molecule has 0 heterocycles. The minimum Gasteiger partial charge on any atom is -0.392 e. The first-order valence-corrected chi connectivity index (χ1v) is 7.46. The lowest BCUT2D eigenvalue weighted by Gasteiger charge is -2.29. The van der Waals surface area contributed by atoms with Crippen LogP contribution in [0.2, 0.25) is 0 Å². The number of aliphatic hydroxyl groups excluding tert-OH is 1. The first-order chi connectivity index (χ1) is 9.63. The zero-order valence-corrected chi connectivity index (χ0v) is 11.7. The molecule has 0 aliphatic heterocycles. The predicted molar refractivity (Wildman–Crippen MR) is 75.4 cm³/mol. The molecule has 1 aromatic carbocycles. The first kappa shape index (κ1) is 15.4. The normalized spacial score (nSPS) is 20.4. The van der Waals surface area contributed by atoms with Crippen molar-refractivity contribution in [1.82, 2.24) is 0 Å². The fourth-order valence-electron chi connectivity index (χ4n) is 3.23. The maximum atomic E-state index is 13.9. The van der Waals surface area contributed by atoms with E-state index in [2.05, 4.69) is 0 Å². The number of nitrogens with two attached hydrogens (primary N) is 1. The SMILES string of the molecule is NCC(c1ccc(F)cc1F)C(O)C1CCCCCC1. The Morgan fingerprint density at radius 2 is 1.80 bits per heavy atom. The average molecular weight is 283 g/mol. The lowest BCUT2D eigenvalue weighted by Crippen LogP contribution is -2.33. The summed E-state index contributed by atoms with van der Waals surface area (Å²) >= 11 is 0. The molecule has 20 heavy (non-hydrogen) atoms. The molecule has 2 unspecified atom stereocenters. The summed E-state index contributed by atoms with van der Waals surface area (Å²) in [4.78, 5) is 0. The summed E-state index contributed by atoms with van der Waals surface area (Å²) in [5.74, 6) is -1.52. The van der Waals surface area contributed by atoms with Gasteiger partial charge in [-0.2, -0.15) is 0 Å². The van der Waals surface area contributed by atoms with E-state index in [0.717, 1.165) is 31.7 Å². The highest BCUT2D eigenvalue weighted by Crippen LogP contribution is 2.33. The lowest BCUT2D eigenvalue weighted by molar-refractivity contribution is 0.0730. The number of hydrogen-bond donors (Lipinski definition) is 2. The van der Waals surface area contributed by atoms with Gasteiger partial charge in [-0.25, -0.2) is 8.78 Å². The van der Waals surface area contributed by atoms with Crippen molar-refractivity contribution in [2.24, 2.45) is 11.7 Å². The standard InChI is InChI=1S/C16H23F2NO/c17-12-7-8-13(15(18)9-12)14(10-19)16(20)11-5-3-1-2-4-6-11/h7-9,11,14,16,20H,1-6,10,19H2. The topological polar surface area (TPSA) is 46.2 Å². The van der Waals surface area contributed by atoms with Gasteiger partial charge in [0.1, 0.15) is 11.6 Å². The highest BCUT2D eigenvalue weighted by Gasteiger charge is 2.30. The maximum Gasteiger partial charge on any atom is 0.129 e. The Morgan fingerprint density at radius 1 is 1.15 bits per heavy atom. The molecular weight excluding hydrogens is 260 g/mol. The van der Waals surface area contributed by atoms with Crippen molar-refractivity contribution in [3.8, 4) is 0 Å². The summed E-state index contributed by atoms with van der Waals surface area (Å²) in [5.41, 5.74) is 6.06. The van der Waals surface area contributed by atoms with Gasteiger partial charge in [0.15, 0.2) is 0 Å². The van der Waals surface area contributed by atoms with Crippen molar-refractivity contribution >= 4 is 0 Å². The van der Waals surface area contributed by atoms with Gasteiger partial charge < -0.3 is 10.8 Å². The second-order valence-electron chi connectivity index (χ2n) is 5.75. The molecule has 1 aliphatic rings. The Hall–Kier alpha value is -1.00. The van der Waals surface area contributed by atoms with Crippen molar-refractivity contribution in [3.05, 3.63) is 35.4 Å². The molecule has 0 saturated heterocycles. The van der Waals surface area contributed by atoms with Crippen molar-refractivity contribution < 1.29 is 13.9 Å². The van der Waals surface area contributed by atoms with Crippen LogP contribution in [0.1, 0.15) is 50.0 Å². The fraction of sp³-hybridized carbons (Fsp3) is 0.625. The number of aliphatic hydroxyl groups is 1. The van der Waals surface area contributed by atoms with E-state index in [9.17, 15) is 13.9 Å². The summed E-state index contributed by atoms with van der Waals surface area (Å²) in [6.07, 6.45) is 5.86. The Bertz CT molecular complexity index is 430. The van der Waals surface area contributed by atoms with Gasteiger partial charge in [-0.15, -0.1) is 0 Å². The van der Waals surface area contributed by atoms with Crippen molar-refractivity contribution in [1.29, 1.82) is 0 Å². The van der Waals surface area contributed by atoms with E-state index in [1.54, 1.807) is 0 Å². The van der Waals surface area contributed by atoms with E-state index in [-0.39, 0.29) is 12.5 Å². The zero-order chi connectivity index (χ0) is 14.5. The molecule has 2 nitrogen and oxygen atoms in total. The van der Waals surface area contributed by atoms with Crippen LogP contribution in [0.5, 0.6) is 0 Å². The maximum absolute atomic E-state index is 13.9. The van der Waals surface area contributed by atoms with Crippen molar-refractivity contribution in [2.75, 3.05) is 6.54 Å². The van der Waals surface area contributed by atoms with Gasteiger partial charge in [0.2, 0.25) is 0 Å². The van der Waals surface area contributed by atoms with Crippen LogP contribution in [0.25, 0.3) is 0 Å². The zero-order valence-electron chi connectivity index (χ0n) is 11.7. The number of halogens is 2. The van der Waals surface area contributed by atoms with Crippen LogP contribution in [0.15, 0.2) is 18.2 Å². The first-order valence-electron chi connectivity index (χ1n) is 7.46. The Morgan fingerprint density at radius 3 is 2.35 bits per heavy atom. The van der Waals surface area contributed by atoms with Gasteiger partial charge in [0, 0.05) is 18.5 Å². The van der Waals surface area contributed by atoms with Crippen molar-refractivity contribution in [2.45, 2.75) is 50.5 Å². The van der Waals surface area contributed by atoms with Crippen LogP contribution < -0.4 is 5.73 Å². The Balaban J connectivity index is 2.17. The quantitative estimate of drug-likeness (QED) is 0.833. The minimum absolute atomic E-state index is 0.163. The predicted octanol–water partition coefficient (Wildman–Crippen LogP) is 3.34. The number of benzene rings is 1. The summed E-state index contributed by atoms with van der Waals surface area (Å²) in [7, 11) is 0. The van der Waals surface area contributed by atoms with Crippen LogP contribution in [0.3, 0.4) is 0 Å². The fourth-order valence-corrected chi connectivity index (χ4v) is 3.23. The largest absolute Gasteiger partial charge is 0.392 e. The second kappa shape index (κ2) is 7.14. The Kier molecular flexibility index (Phi) is 5.49. The molecule has 4 heteroatoms. The van der Waals surface area contributed by atoms with E-state index in [4.69, 9.17) is 5.73 Å². The summed E-state index contributed by atoms with van der Waals surface area (Å²) in [5, 5.41) is 10.6. The smallest absolute Gasteiger partial charge is 0.129 e. The molecule has 0 bridgehead atoms. The second-order valence-corrected chi connectivity index (χ2v) is 5.75. The van der Waals surface area contributed by atoms with Gasteiger partial charge in [-0.3, -0.25) is 0 Å². The van der Waals surface area contributed by atoms with Crippen LogP contribution in [0.4, 0.5) is 8.78 Å². The molecule has 112 valence electrons. The highest BCUT2D eigenvalue weighted by atomic mass is 19.1. The van der Waals surface area contributed by atoms with Crippen LogP contribution in [-0.4, -0.2) is 17.8 Å². The third-order valence-electron chi connectivity index (χ3n) is 4.41. The molecule has 0 aromatic heterocycles. The average Bonchev–Trinajstić information content (AvgIpc) is 2.70. The van der Waals surface area contributed by atoms with E-state index in [1.165, 1.54) is 25.0 Å². The molecule has 1 fully saturated rings. The monoisotopic (exact) mass is 283 g/mol. The molecule has 0 spiro atoms. The number of hydrogen-bond acceptors (Lipinski definition) is 2. The molecule has 1 saturated carbocycles. The van der Waals surface area contributed by atoms with E-state index in [1.807, 2.05) is 0 Å². The lowest BCUT2D eigenvalue weighted by atomic mass is 9.82. The molecule has 2 rings (SSSR count). The van der Waals surface area contributed by atoms with Gasteiger partial charge in [-0.1, -0.05) is 31.7 Å². The van der Waals surface area contributed by atoms with Crippen LogP contribution in [-0.2, 0) is 0 Å². The summed E-state index contributed by atoms with van der Waals surface area (Å²) in [6.45, 7) is 0.167. The van der Waals surface area contributed by atoms with E-state index >= 15 is 0 Å². The van der Waals surface area contributed by atoms with Crippen LogP contribution >= 0.6 is 0 Å². The third-order valence-corrected chi connectivity index (χ3v) is 4.41. The third kappa shape index (κ3) is 3.55. The highest BCUT2D eigenvalue weighted by molar-refractivity contribution is 5.24. The Labute approximate surface area is 119 Å². The van der Waals surface area contributed by atoms with E-state index < -0.39 is 23.7 Å². The molecule has 1 aliphatic carbocycles. The van der Waals surface area contributed by atoms with Gasteiger partial charge in [0.05, 0.1) is 6.10 Å². The van der Waals surface area contributed by atoms with Crippen LogP contribution in [0, 0.1) is 17.6 Å². The molecule has 1 aromatic rings. The molecular formula is C16H23F2NO. The summed E-state index contributed by atoms with van der Waals surface area (Å²) in [6, 6.07) is 3.49. The molecule has 2 atom stereocenters. The molecule has 0 amide bonds. The summed E-state index contributed by atoms with van der Waals surface area (Å²) < 4.78 is 26.9. The van der Waals surface area contributed by atoms with Gasteiger partial charge >= 0.3 is 0 Å². The van der Waals surface area contributed by atoms with Gasteiger partial charge in [-0.05, 0) is 30.4 Å². The number of rotatable bonds is 4. The van der Waals surface area contributed by atoms with Gasteiger partial charge in [0.25, 0.3) is 0 Å².